The van der Waals surface area contributed by atoms with E-state index in [1.165, 1.54) is 7.11 Å². The lowest BCUT2D eigenvalue weighted by molar-refractivity contribution is -0.158. The third kappa shape index (κ3) is 13.6. The maximum Gasteiger partial charge on any atom is 0.320 e. The summed E-state index contributed by atoms with van der Waals surface area (Å²) in [6.45, 7) is 9.06. The van der Waals surface area contributed by atoms with E-state index < -0.39 is 5.60 Å². The molecule has 1 fully saturated rings. The van der Waals surface area contributed by atoms with Crippen LogP contribution >= 0.6 is 0 Å². The summed E-state index contributed by atoms with van der Waals surface area (Å²) in [6.07, 6.45) is 4.10. The number of unbranched alkanes of at least 4 members (excludes halogenated alkanes) is 2. The summed E-state index contributed by atoms with van der Waals surface area (Å²) in [5.41, 5.74) is 4.99. The van der Waals surface area contributed by atoms with E-state index in [1.54, 1.807) is 7.11 Å². The van der Waals surface area contributed by atoms with Crippen LogP contribution in [0.3, 0.4) is 0 Å². The number of hydrogen-bond acceptors (Lipinski definition) is 8. The summed E-state index contributed by atoms with van der Waals surface area (Å²) in [5.74, 6) is -0.0646. The quantitative estimate of drug-likeness (QED) is 0.291. The molecule has 1 aliphatic rings. The summed E-state index contributed by atoms with van der Waals surface area (Å²) >= 11 is 0. The standard InChI is InChI=1S/C18H35N3O4.C3H6O2/c1-18(2,3)25-17(23)13-20-10-11-21(12-15(20)14-24-4)16(22)8-6-5-7-9-19;1-5-3-2-4/h15H,5-14,19H2,1-4H3;2H,3H2,1H3. The fourth-order valence-corrected chi connectivity index (χ4v) is 3.04. The Labute approximate surface area is 181 Å². The Morgan fingerprint density at radius 2 is 1.80 bits per heavy atom. The number of amides is 1. The summed E-state index contributed by atoms with van der Waals surface area (Å²) < 4.78 is 15.0. The average Bonchev–Trinajstić information content (AvgIpc) is 2.66. The van der Waals surface area contributed by atoms with Gasteiger partial charge < -0.3 is 29.6 Å². The van der Waals surface area contributed by atoms with E-state index in [0.29, 0.717) is 45.5 Å². The molecule has 30 heavy (non-hydrogen) atoms. The summed E-state index contributed by atoms with van der Waals surface area (Å²) in [7, 11) is 3.12. The van der Waals surface area contributed by atoms with Crippen molar-refractivity contribution in [2.45, 2.75) is 58.1 Å². The van der Waals surface area contributed by atoms with Crippen molar-refractivity contribution in [1.29, 1.82) is 0 Å². The van der Waals surface area contributed by atoms with E-state index in [2.05, 4.69) is 9.64 Å². The number of carbonyl (C=O) groups is 3. The monoisotopic (exact) mass is 431 g/mol. The molecule has 2 N–H and O–H groups in total. The van der Waals surface area contributed by atoms with E-state index in [1.807, 2.05) is 25.7 Å². The smallest absolute Gasteiger partial charge is 0.320 e. The van der Waals surface area contributed by atoms with E-state index in [-0.39, 0.29) is 31.1 Å². The molecule has 1 unspecified atom stereocenters. The number of rotatable bonds is 11. The highest BCUT2D eigenvalue weighted by atomic mass is 16.6. The average molecular weight is 432 g/mol. The summed E-state index contributed by atoms with van der Waals surface area (Å²) in [6, 6.07) is 0.0132. The van der Waals surface area contributed by atoms with Crippen molar-refractivity contribution in [2.75, 3.05) is 60.2 Å². The number of aldehydes is 1. The number of carbonyl (C=O) groups excluding carboxylic acids is 3. The number of nitrogens with two attached hydrogens (primary N) is 1. The lowest BCUT2D eigenvalue weighted by Gasteiger charge is -2.41. The molecule has 1 rings (SSSR count). The van der Waals surface area contributed by atoms with Crippen molar-refractivity contribution in [3.63, 3.8) is 0 Å². The second-order valence-corrected chi connectivity index (χ2v) is 8.23. The Kier molecular flexibility index (Phi) is 15.3. The summed E-state index contributed by atoms with van der Waals surface area (Å²) in [5, 5.41) is 0. The van der Waals surface area contributed by atoms with Crippen LogP contribution in [-0.4, -0.2) is 99.8 Å². The molecule has 0 aromatic heterocycles. The molecular formula is C21H41N3O6. The lowest BCUT2D eigenvalue weighted by atomic mass is 10.1. The fraction of sp³-hybridized carbons (Fsp3) is 0.857. The fourth-order valence-electron chi connectivity index (χ4n) is 3.04. The van der Waals surface area contributed by atoms with Gasteiger partial charge in [-0.2, -0.15) is 0 Å². The zero-order chi connectivity index (χ0) is 23.0. The minimum absolute atomic E-state index is 0.0132. The Bertz CT molecular complexity index is 496. The zero-order valence-electron chi connectivity index (χ0n) is 19.4. The van der Waals surface area contributed by atoms with Gasteiger partial charge in [-0.3, -0.25) is 14.5 Å². The van der Waals surface area contributed by atoms with Gasteiger partial charge in [0, 0.05) is 40.3 Å². The third-order valence-electron chi connectivity index (χ3n) is 4.40. The van der Waals surface area contributed by atoms with Crippen molar-refractivity contribution in [3.8, 4) is 0 Å². The molecule has 0 bridgehead atoms. The molecule has 1 heterocycles. The Balaban J connectivity index is 0.00000150. The maximum absolute atomic E-state index is 12.4. The van der Waals surface area contributed by atoms with Gasteiger partial charge in [-0.05, 0) is 40.2 Å². The predicted molar refractivity (Wildman–Crippen MR) is 115 cm³/mol. The van der Waals surface area contributed by atoms with Crippen LogP contribution in [0.1, 0.15) is 46.5 Å². The minimum Gasteiger partial charge on any atom is -0.459 e. The molecule has 1 saturated heterocycles. The van der Waals surface area contributed by atoms with E-state index in [0.717, 1.165) is 19.3 Å². The molecule has 1 amide bonds. The Morgan fingerprint density at radius 3 is 2.30 bits per heavy atom. The molecule has 1 aliphatic heterocycles. The second-order valence-electron chi connectivity index (χ2n) is 8.23. The SMILES string of the molecule is COCC1CN(C(=O)CCCCCN)CCN1CC(=O)OC(C)(C)C.COCC=O. The maximum atomic E-state index is 12.4. The molecule has 0 aliphatic carbocycles. The van der Waals surface area contributed by atoms with Gasteiger partial charge in [0.25, 0.3) is 0 Å². The van der Waals surface area contributed by atoms with Gasteiger partial charge in [0.2, 0.25) is 5.91 Å². The van der Waals surface area contributed by atoms with Crippen LogP contribution < -0.4 is 5.73 Å². The van der Waals surface area contributed by atoms with Gasteiger partial charge >= 0.3 is 5.97 Å². The van der Waals surface area contributed by atoms with Crippen LogP contribution in [0.5, 0.6) is 0 Å². The van der Waals surface area contributed by atoms with Gasteiger partial charge in [-0.1, -0.05) is 6.42 Å². The van der Waals surface area contributed by atoms with E-state index >= 15 is 0 Å². The highest BCUT2D eigenvalue weighted by Gasteiger charge is 2.31. The van der Waals surface area contributed by atoms with Crippen molar-refractivity contribution in [1.82, 2.24) is 9.80 Å². The predicted octanol–water partition coefficient (Wildman–Crippen LogP) is 0.838. The van der Waals surface area contributed by atoms with Gasteiger partial charge in [-0.25, -0.2) is 0 Å². The third-order valence-corrected chi connectivity index (χ3v) is 4.40. The number of hydrogen-bond donors (Lipinski definition) is 1. The molecule has 176 valence electrons. The summed E-state index contributed by atoms with van der Waals surface area (Å²) in [4.78, 5) is 37.7. The number of ether oxygens (including phenoxy) is 3. The highest BCUT2D eigenvalue weighted by molar-refractivity contribution is 5.76. The molecule has 1 atom stereocenters. The zero-order valence-corrected chi connectivity index (χ0v) is 19.4. The number of esters is 1. The topological polar surface area (TPSA) is 111 Å². The highest BCUT2D eigenvalue weighted by Crippen LogP contribution is 2.14. The van der Waals surface area contributed by atoms with Crippen LogP contribution in [0.2, 0.25) is 0 Å². The Morgan fingerprint density at radius 1 is 1.10 bits per heavy atom. The second kappa shape index (κ2) is 16.2. The van der Waals surface area contributed by atoms with Crippen LogP contribution in [0, 0.1) is 0 Å². The lowest BCUT2D eigenvalue weighted by Crippen LogP contribution is -2.57. The molecule has 9 nitrogen and oxygen atoms in total. The molecule has 0 aromatic carbocycles. The van der Waals surface area contributed by atoms with Gasteiger partial charge in [0.15, 0.2) is 0 Å². The van der Waals surface area contributed by atoms with Crippen LogP contribution in [0.15, 0.2) is 0 Å². The Hall–Kier alpha value is -1.55. The van der Waals surface area contributed by atoms with Crippen molar-refractivity contribution < 1.29 is 28.6 Å². The normalized spacial score (nSPS) is 17.1. The van der Waals surface area contributed by atoms with Crippen LogP contribution in [0.4, 0.5) is 0 Å². The number of piperazine rings is 1. The largest absolute Gasteiger partial charge is 0.459 e. The van der Waals surface area contributed by atoms with Crippen molar-refractivity contribution in [3.05, 3.63) is 0 Å². The first-order valence-electron chi connectivity index (χ1n) is 10.5. The van der Waals surface area contributed by atoms with Crippen LogP contribution in [0.25, 0.3) is 0 Å². The minimum atomic E-state index is -0.491. The molecule has 0 spiro atoms. The first-order valence-corrected chi connectivity index (χ1v) is 10.5. The van der Waals surface area contributed by atoms with Crippen molar-refractivity contribution >= 4 is 18.2 Å². The molecular weight excluding hydrogens is 390 g/mol. The van der Waals surface area contributed by atoms with E-state index in [4.69, 9.17) is 15.2 Å². The molecule has 0 saturated carbocycles. The van der Waals surface area contributed by atoms with E-state index in [9.17, 15) is 14.4 Å². The van der Waals surface area contributed by atoms with Crippen LogP contribution in [-0.2, 0) is 28.6 Å². The molecule has 0 radical (unpaired) electrons. The van der Waals surface area contributed by atoms with Gasteiger partial charge in [0.05, 0.1) is 19.2 Å². The molecule has 0 aromatic rings. The molecule has 9 heteroatoms. The van der Waals surface area contributed by atoms with Gasteiger partial charge in [0.1, 0.15) is 18.5 Å². The van der Waals surface area contributed by atoms with Gasteiger partial charge in [-0.15, -0.1) is 0 Å². The number of nitrogens with zero attached hydrogens (tertiary/aromatic N) is 2. The number of methoxy groups -OCH3 is 2. The first kappa shape index (κ1) is 28.5. The first-order chi connectivity index (χ1) is 14.2. The van der Waals surface area contributed by atoms with Crippen molar-refractivity contribution in [2.24, 2.45) is 5.73 Å².